The summed E-state index contributed by atoms with van der Waals surface area (Å²) in [5, 5.41) is 0.701. The third kappa shape index (κ3) is 4.36. The van der Waals surface area contributed by atoms with E-state index in [1.54, 1.807) is 22.9 Å². The van der Waals surface area contributed by atoms with Gasteiger partial charge in [0.25, 0.3) is 0 Å². The predicted octanol–water partition coefficient (Wildman–Crippen LogP) is 3.87. The van der Waals surface area contributed by atoms with E-state index in [1.807, 2.05) is 24.3 Å². The van der Waals surface area contributed by atoms with Crippen LogP contribution in [0.3, 0.4) is 0 Å². The van der Waals surface area contributed by atoms with Crippen LogP contribution in [0.4, 0.5) is 5.69 Å². The van der Waals surface area contributed by atoms with Crippen molar-refractivity contribution in [1.82, 2.24) is 24.2 Å². The normalized spacial score (nSPS) is 20.3. The minimum Gasteiger partial charge on any atom is -0.367 e. The summed E-state index contributed by atoms with van der Waals surface area (Å²) >= 11 is 0. The molecule has 36 heavy (non-hydrogen) atoms. The summed E-state index contributed by atoms with van der Waals surface area (Å²) in [6, 6.07) is 15.5. The lowest BCUT2D eigenvalue weighted by molar-refractivity contribution is 0.193. The molecule has 0 aliphatic carbocycles. The number of fused-ring (bicyclic) bond motifs is 2. The van der Waals surface area contributed by atoms with Gasteiger partial charge in [-0.1, -0.05) is 30.7 Å². The Hall–Kier alpha value is -3.01. The van der Waals surface area contributed by atoms with Crippen molar-refractivity contribution in [2.24, 2.45) is 0 Å². The highest BCUT2D eigenvalue weighted by molar-refractivity contribution is 7.89. The number of aromatic nitrogens is 3. The van der Waals surface area contributed by atoms with E-state index in [-0.39, 0.29) is 6.04 Å². The molecule has 0 saturated carbocycles. The number of piperazine rings is 1. The minimum atomic E-state index is -3.59. The number of hydrogen-bond donors (Lipinski definition) is 1. The van der Waals surface area contributed by atoms with Gasteiger partial charge in [-0.2, -0.15) is 4.31 Å². The van der Waals surface area contributed by atoms with Crippen molar-refractivity contribution < 1.29 is 8.42 Å². The number of piperidine rings is 1. The Bertz CT molecular complexity index is 1460. The standard InChI is InChI=1S/C27H32N6O2S/c34-36(35,26-11-13-28-23-8-2-1-7-22(23)26)33-14-4-3-6-21(33)12-15-31-16-18-32(19-17-31)25-10-5-9-24-27(25)30-20-29-24/h1-2,5,7-11,13,20-21H,3-4,6,12,14-19H2,(H,29,30). The van der Waals surface area contributed by atoms with Gasteiger partial charge in [-0.3, -0.25) is 9.88 Å². The lowest BCUT2D eigenvalue weighted by atomic mass is 10.0. The van der Waals surface area contributed by atoms with E-state index in [9.17, 15) is 8.42 Å². The van der Waals surface area contributed by atoms with Crippen LogP contribution >= 0.6 is 0 Å². The SMILES string of the molecule is O=S(=O)(c1ccnc2ccccc12)N1CCCCC1CCN1CCN(c2cccc3[nH]cnc23)CC1. The summed E-state index contributed by atoms with van der Waals surface area (Å²) in [7, 11) is -3.59. The first-order valence-electron chi connectivity index (χ1n) is 12.9. The molecule has 4 heterocycles. The van der Waals surface area contributed by atoms with Gasteiger partial charge in [0.15, 0.2) is 0 Å². The van der Waals surface area contributed by atoms with Gasteiger partial charge in [-0.25, -0.2) is 13.4 Å². The van der Waals surface area contributed by atoms with E-state index in [0.29, 0.717) is 16.8 Å². The van der Waals surface area contributed by atoms with Gasteiger partial charge < -0.3 is 9.88 Å². The second-order valence-electron chi connectivity index (χ2n) is 9.78. The summed E-state index contributed by atoms with van der Waals surface area (Å²) in [6.07, 6.45) is 7.13. The third-order valence-electron chi connectivity index (χ3n) is 7.69. The smallest absolute Gasteiger partial charge is 0.244 e. The summed E-state index contributed by atoms with van der Waals surface area (Å²) < 4.78 is 29.4. The molecule has 2 saturated heterocycles. The number of rotatable bonds is 6. The maximum Gasteiger partial charge on any atom is 0.244 e. The number of para-hydroxylation sites is 2. The van der Waals surface area contributed by atoms with Crippen molar-refractivity contribution in [2.45, 2.75) is 36.6 Å². The van der Waals surface area contributed by atoms with Crippen LogP contribution < -0.4 is 4.90 Å². The zero-order valence-corrected chi connectivity index (χ0v) is 21.2. The lowest BCUT2D eigenvalue weighted by Gasteiger charge is -2.39. The highest BCUT2D eigenvalue weighted by Crippen LogP contribution is 2.31. The molecule has 0 bridgehead atoms. The van der Waals surface area contributed by atoms with Crippen LogP contribution in [0.15, 0.2) is 66.0 Å². The zero-order valence-electron chi connectivity index (χ0n) is 20.4. The van der Waals surface area contributed by atoms with Crippen molar-refractivity contribution in [3.8, 4) is 0 Å². The monoisotopic (exact) mass is 504 g/mol. The molecule has 1 N–H and O–H groups in total. The molecule has 2 aliphatic heterocycles. The second kappa shape index (κ2) is 9.80. The van der Waals surface area contributed by atoms with Crippen molar-refractivity contribution in [2.75, 3.05) is 44.2 Å². The Morgan fingerprint density at radius 3 is 2.67 bits per heavy atom. The van der Waals surface area contributed by atoms with E-state index in [0.717, 1.165) is 75.0 Å². The highest BCUT2D eigenvalue weighted by Gasteiger charge is 2.34. The molecule has 1 atom stereocenters. The van der Waals surface area contributed by atoms with E-state index in [2.05, 4.69) is 43.0 Å². The number of nitrogens with one attached hydrogen (secondary N) is 1. The predicted molar refractivity (Wildman–Crippen MR) is 143 cm³/mol. The van der Waals surface area contributed by atoms with Crippen LogP contribution in [0.1, 0.15) is 25.7 Å². The quantitative estimate of drug-likeness (QED) is 0.429. The van der Waals surface area contributed by atoms with Crippen molar-refractivity contribution in [1.29, 1.82) is 0 Å². The van der Waals surface area contributed by atoms with Gasteiger partial charge in [0.1, 0.15) is 5.52 Å². The Kier molecular flexibility index (Phi) is 6.37. The molecular formula is C27H32N6O2S. The minimum absolute atomic E-state index is 0.0338. The number of hydrogen-bond acceptors (Lipinski definition) is 6. The lowest BCUT2D eigenvalue weighted by Crippen LogP contribution is -2.49. The van der Waals surface area contributed by atoms with Gasteiger partial charge >= 0.3 is 0 Å². The largest absolute Gasteiger partial charge is 0.367 e. The van der Waals surface area contributed by atoms with E-state index >= 15 is 0 Å². The first-order valence-corrected chi connectivity index (χ1v) is 14.3. The van der Waals surface area contributed by atoms with Crippen LogP contribution in [-0.4, -0.2) is 77.9 Å². The van der Waals surface area contributed by atoms with Gasteiger partial charge in [-0.15, -0.1) is 0 Å². The molecule has 0 radical (unpaired) electrons. The number of H-pyrrole nitrogens is 1. The zero-order chi connectivity index (χ0) is 24.5. The van der Waals surface area contributed by atoms with Gasteiger partial charge in [0.05, 0.1) is 27.9 Å². The Morgan fingerprint density at radius 2 is 1.78 bits per heavy atom. The molecule has 0 spiro atoms. The molecule has 1 unspecified atom stereocenters. The Labute approximate surface area is 212 Å². The summed E-state index contributed by atoms with van der Waals surface area (Å²) in [4.78, 5) is 17.3. The fraction of sp³-hybridized carbons (Fsp3) is 0.407. The number of benzene rings is 2. The highest BCUT2D eigenvalue weighted by atomic mass is 32.2. The fourth-order valence-electron chi connectivity index (χ4n) is 5.75. The summed E-state index contributed by atoms with van der Waals surface area (Å²) in [5.41, 5.74) is 3.99. The van der Waals surface area contributed by atoms with Crippen LogP contribution in [0, 0.1) is 0 Å². The van der Waals surface area contributed by atoms with Crippen molar-refractivity contribution in [3.63, 3.8) is 0 Å². The van der Waals surface area contributed by atoms with Crippen LogP contribution in [0.5, 0.6) is 0 Å². The second-order valence-corrected chi connectivity index (χ2v) is 11.6. The van der Waals surface area contributed by atoms with Crippen LogP contribution in [0.25, 0.3) is 21.9 Å². The average Bonchev–Trinajstić information content (AvgIpc) is 3.41. The van der Waals surface area contributed by atoms with E-state index in [1.165, 1.54) is 5.69 Å². The molecular weight excluding hydrogens is 472 g/mol. The van der Waals surface area contributed by atoms with Crippen LogP contribution in [-0.2, 0) is 10.0 Å². The molecule has 2 aliphatic rings. The molecule has 9 heteroatoms. The molecule has 2 aromatic heterocycles. The summed E-state index contributed by atoms with van der Waals surface area (Å²) in [6.45, 7) is 5.33. The first kappa shape index (κ1) is 23.4. The third-order valence-corrected chi connectivity index (χ3v) is 9.70. The van der Waals surface area contributed by atoms with Gasteiger partial charge in [0.2, 0.25) is 10.0 Å². The Balaban J connectivity index is 1.13. The van der Waals surface area contributed by atoms with Crippen LogP contribution in [0.2, 0.25) is 0 Å². The van der Waals surface area contributed by atoms with Gasteiger partial charge in [-0.05, 0) is 50.1 Å². The maximum atomic E-state index is 13.8. The number of aromatic amines is 1. The topological polar surface area (TPSA) is 85.4 Å². The van der Waals surface area contributed by atoms with E-state index < -0.39 is 10.0 Å². The Morgan fingerprint density at radius 1 is 0.917 bits per heavy atom. The fourth-order valence-corrected chi connectivity index (χ4v) is 7.66. The number of nitrogens with zero attached hydrogens (tertiary/aromatic N) is 5. The number of sulfonamides is 1. The van der Waals surface area contributed by atoms with Crippen molar-refractivity contribution >= 4 is 37.6 Å². The molecule has 0 amide bonds. The molecule has 4 aromatic rings. The molecule has 188 valence electrons. The van der Waals surface area contributed by atoms with Crippen molar-refractivity contribution in [3.05, 3.63) is 61.1 Å². The molecule has 8 nitrogen and oxygen atoms in total. The van der Waals surface area contributed by atoms with Gasteiger partial charge in [0, 0.05) is 50.3 Å². The first-order chi connectivity index (χ1) is 17.6. The number of anilines is 1. The average molecular weight is 505 g/mol. The maximum absolute atomic E-state index is 13.8. The molecule has 2 fully saturated rings. The molecule has 6 rings (SSSR count). The summed E-state index contributed by atoms with van der Waals surface area (Å²) in [5.74, 6) is 0. The number of pyridine rings is 1. The number of imidazole rings is 1. The molecule has 2 aromatic carbocycles. The van der Waals surface area contributed by atoms with E-state index in [4.69, 9.17) is 0 Å².